The molecule has 0 aliphatic carbocycles. The summed E-state index contributed by atoms with van der Waals surface area (Å²) in [6.45, 7) is 4.97. The number of hydrogen-bond acceptors (Lipinski definition) is 2. The molecule has 0 bridgehead atoms. The third kappa shape index (κ3) is 5.86. The summed E-state index contributed by atoms with van der Waals surface area (Å²) in [5.41, 5.74) is -0.179. The summed E-state index contributed by atoms with van der Waals surface area (Å²) < 4.78 is 32.0. The number of carbonyl (C=O) groups excluding carboxylic acids is 1. The summed E-state index contributed by atoms with van der Waals surface area (Å²) in [7, 11) is 0. The molecule has 1 N–H and O–H groups in total. The molecule has 0 aromatic heterocycles. The van der Waals surface area contributed by atoms with E-state index in [4.69, 9.17) is 4.74 Å². The highest BCUT2D eigenvalue weighted by Crippen LogP contribution is 2.24. The summed E-state index contributed by atoms with van der Waals surface area (Å²) in [6, 6.07) is 6.60. The van der Waals surface area contributed by atoms with E-state index in [1.54, 1.807) is 45.0 Å². The van der Waals surface area contributed by atoms with Gasteiger partial charge >= 0.3 is 6.09 Å². The molecule has 0 saturated carbocycles. The van der Waals surface area contributed by atoms with E-state index in [0.717, 1.165) is 4.47 Å². The average Bonchev–Trinajstić information content (AvgIpc) is 2.29. The molecule has 0 radical (unpaired) electrons. The van der Waals surface area contributed by atoms with Gasteiger partial charge in [0.15, 0.2) is 0 Å². The normalized spacial score (nSPS) is 13.2. The van der Waals surface area contributed by atoms with Crippen LogP contribution in [0.1, 0.15) is 32.3 Å². The predicted octanol–water partition coefficient (Wildman–Crippen LogP) is 4.32. The third-order valence-electron chi connectivity index (χ3n) is 2.47. The first-order valence-electron chi connectivity index (χ1n) is 6.19. The molecule has 6 heteroatoms. The molecule has 0 fully saturated rings. The van der Waals surface area contributed by atoms with Crippen molar-refractivity contribution in [1.29, 1.82) is 0 Å². The maximum Gasteiger partial charge on any atom is 0.407 e. The van der Waals surface area contributed by atoms with Crippen molar-refractivity contribution in [3.63, 3.8) is 0 Å². The fourth-order valence-corrected chi connectivity index (χ4v) is 1.83. The lowest BCUT2D eigenvalue weighted by atomic mass is 10.00. The van der Waals surface area contributed by atoms with E-state index >= 15 is 0 Å². The molecular weight excluding hydrogens is 332 g/mol. The van der Waals surface area contributed by atoms with Crippen LogP contribution in [-0.2, 0) is 4.74 Å². The lowest BCUT2D eigenvalue weighted by molar-refractivity contribution is 0.0500. The summed E-state index contributed by atoms with van der Waals surface area (Å²) in [6.07, 6.45) is -3.26. The fourth-order valence-electron chi connectivity index (χ4n) is 1.57. The molecule has 3 nitrogen and oxygen atoms in total. The standard InChI is InChI=1S/C14H18BrF2NO2/c1-14(2,3)20-13(19)18-8-11(12(16)17)9-4-6-10(15)7-5-9/h4-7,11-12H,8H2,1-3H3,(H,18,19). The highest BCUT2D eigenvalue weighted by molar-refractivity contribution is 9.10. The van der Waals surface area contributed by atoms with Crippen LogP contribution < -0.4 is 5.32 Å². The lowest BCUT2D eigenvalue weighted by Gasteiger charge is -2.22. The molecule has 20 heavy (non-hydrogen) atoms. The number of benzene rings is 1. The number of rotatable bonds is 4. The zero-order chi connectivity index (χ0) is 15.3. The molecule has 112 valence electrons. The first kappa shape index (κ1) is 16.9. The zero-order valence-electron chi connectivity index (χ0n) is 11.6. The van der Waals surface area contributed by atoms with Gasteiger partial charge in [-0.1, -0.05) is 28.1 Å². The number of alkyl halides is 2. The first-order valence-corrected chi connectivity index (χ1v) is 6.99. The lowest BCUT2D eigenvalue weighted by Crippen LogP contribution is -2.36. The van der Waals surface area contributed by atoms with Crippen molar-refractivity contribution in [3.05, 3.63) is 34.3 Å². The molecule has 0 aliphatic heterocycles. The van der Waals surface area contributed by atoms with E-state index in [2.05, 4.69) is 21.2 Å². The Labute approximate surface area is 125 Å². The number of carbonyl (C=O) groups is 1. The minimum Gasteiger partial charge on any atom is -0.444 e. The van der Waals surface area contributed by atoms with Gasteiger partial charge in [-0.25, -0.2) is 13.6 Å². The van der Waals surface area contributed by atoms with E-state index in [9.17, 15) is 13.6 Å². The number of amides is 1. The van der Waals surface area contributed by atoms with Crippen molar-refractivity contribution < 1.29 is 18.3 Å². The predicted molar refractivity (Wildman–Crippen MR) is 77.1 cm³/mol. The summed E-state index contributed by atoms with van der Waals surface area (Å²) in [5, 5.41) is 2.38. The number of ether oxygens (including phenoxy) is 1. The van der Waals surface area contributed by atoms with Crippen molar-refractivity contribution in [2.24, 2.45) is 0 Å². The number of nitrogens with one attached hydrogen (secondary N) is 1. The van der Waals surface area contributed by atoms with Crippen molar-refractivity contribution in [3.8, 4) is 0 Å². The Kier molecular flexibility index (Phi) is 5.92. The van der Waals surface area contributed by atoms with Gasteiger partial charge in [0.2, 0.25) is 6.43 Å². The van der Waals surface area contributed by atoms with E-state index < -0.39 is 24.0 Å². The molecule has 1 rings (SSSR count). The fraction of sp³-hybridized carbons (Fsp3) is 0.500. The van der Waals surface area contributed by atoms with Gasteiger partial charge in [0.1, 0.15) is 5.60 Å². The minimum absolute atomic E-state index is 0.172. The number of hydrogen-bond donors (Lipinski definition) is 1. The Balaban J connectivity index is 2.65. The number of alkyl carbamates (subject to hydrolysis) is 1. The maximum absolute atomic E-state index is 13.1. The Bertz CT molecular complexity index is 443. The van der Waals surface area contributed by atoms with Gasteiger partial charge in [-0.05, 0) is 38.5 Å². The van der Waals surface area contributed by atoms with Gasteiger partial charge in [0.25, 0.3) is 0 Å². The molecule has 1 aromatic rings. The van der Waals surface area contributed by atoms with Crippen molar-refractivity contribution in [1.82, 2.24) is 5.32 Å². The van der Waals surface area contributed by atoms with Gasteiger partial charge in [0, 0.05) is 11.0 Å². The maximum atomic E-state index is 13.1. The van der Waals surface area contributed by atoms with Crippen LogP contribution in [0.4, 0.5) is 13.6 Å². The van der Waals surface area contributed by atoms with Crippen LogP contribution in [0.3, 0.4) is 0 Å². The van der Waals surface area contributed by atoms with Crippen LogP contribution in [0.15, 0.2) is 28.7 Å². The van der Waals surface area contributed by atoms with Gasteiger partial charge in [-0.2, -0.15) is 0 Å². The van der Waals surface area contributed by atoms with Crippen molar-refractivity contribution in [2.45, 2.75) is 38.7 Å². The molecule has 1 atom stereocenters. The van der Waals surface area contributed by atoms with E-state index in [-0.39, 0.29) is 6.54 Å². The topological polar surface area (TPSA) is 38.3 Å². The van der Waals surface area contributed by atoms with E-state index in [1.807, 2.05) is 0 Å². The molecule has 0 saturated heterocycles. The van der Waals surface area contributed by atoms with Gasteiger partial charge in [-0.3, -0.25) is 0 Å². The van der Waals surface area contributed by atoms with Crippen LogP contribution in [0.25, 0.3) is 0 Å². The van der Waals surface area contributed by atoms with E-state index in [1.165, 1.54) is 0 Å². The Morgan fingerprint density at radius 2 is 1.85 bits per heavy atom. The number of halogens is 3. The molecule has 0 spiro atoms. The van der Waals surface area contributed by atoms with E-state index in [0.29, 0.717) is 5.56 Å². The molecule has 0 aliphatic rings. The van der Waals surface area contributed by atoms with Gasteiger partial charge < -0.3 is 10.1 Å². The average molecular weight is 350 g/mol. The third-order valence-corrected chi connectivity index (χ3v) is 3.00. The minimum atomic E-state index is -2.56. The smallest absolute Gasteiger partial charge is 0.407 e. The summed E-state index contributed by atoms with van der Waals surface area (Å²) >= 11 is 3.25. The SMILES string of the molecule is CC(C)(C)OC(=O)NCC(c1ccc(Br)cc1)C(F)F. The second kappa shape index (κ2) is 7.02. The Hall–Kier alpha value is -1.17. The second-order valence-electron chi connectivity index (χ2n) is 5.38. The van der Waals surface area contributed by atoms with Gasteiger partial charge in [-0.15, -0.1) is 0 Å². The van der Waals surface area contributed by atoms with Gasteiger partial charge in [0.05, 0.1) is 5.92 Å². The highest BCUT2D eigenvalue weighted by Gasteiger charge is 2.24. The Morgan fingerprint density at radius 1 is 1.30 bits per heavy atom. The quantitative estimate of drug-likeness (QED) is 0.878. The largest absolute Gasteiger partial charge is 0.444 e. The highest BCUT2D eigenvalue weighted by atomic mass is 79.9. The van der Waals surface area contributed by atoms with Crippen LogP contribution >= 0.6 is 15.9 Å². The first-order chi connectivity index (χ1) is 9.19. The molecule has 1 amide bonds. The van der Waals surface area contributed by atoms with Crippen LogP contribution in [0.2, 0.25) is 0 Å². The Morgan fingerprint density at radius 3 is 2.30 bits per heavy atom. The van der Waals surface area contributed by atoms with Crippen molar-refractivity contribution >= 4 is 22.0 Å². The van der Waals surface area contributed by atoms with Crippen LogP contribution in [-0.4, -0.2) is 24.7 Å². The molecule has 1 aromatic carbocycles. The molecule has 0 heterocycles. The molecular formula is C14H18BrF2NO2. The molecule has 1 unspecified atom stereocenters. The zero-order valence-corrected chi connectivity index (χ0v) is 13.2. The monoisotopic (exact) mass is 349 g/mol. The van der Waals surface area contributed by atoms with Crippen molar-refractivity contribution in [2.75, 3.05) is 6.54 Å². The van der Waals surface area contributed by atoms with Crippen LogP contribution in [0, 0.1) is 0 Å². The van der Waals surface area contributed by atoms with Crippen LogP contribution in [0.5, 0.6) is 0 Å². The second-order valence-corrected chi connectivity index (χ2v) is 6.29. The summed E-state index contributed by atoms with van der Waals surface area (Å²) in [5.74, 6) is -1.06. The summed E-state index contributed by atoms with van der Waals surface area (Å²) in [4.78, 5) is 11.5.